The molecule has 0 saturated carbocycles. The summed E-state index contributed by atoms with van der Waals surface area (Å²) in [5.41, 5.74) is 2.68. The fourth-order valence-electron chi connectivity index (χ4n) is 2.39. The number of carbonyl (C=O) groups is 2. The van der Waals surface area contributed by atoms with E-state index in [1.165, 1.54) is 6.33 Å². The van der Waals surface area contributed by atoms with Gasteiger partial charge < -0.3 is 9.30 Å². The Kier molecular flexibility index (Phi) is 4.60. The lowest BCUT2D eigenvalue weighted by atomic mass is 10.2. The Labute approximate surface area is 138 Å². The van der Waals surface area contributed by atoms with Crippen LogP contribution in [0.5, 0.6) is 0 Å². The van der Waals surface area contributed by atoms with Gasteiger partial charge in [0.05, 0.1) is 31.6 Å². The van der Waals surface area contributed by atoms with Crippen LogP contribution in [0.1, 0.15) is 18.2 Å². The number of carbonyl (C=O) groups excluding carboxylic acids is 2. The molecule has 0 bridgehead atoms. The van der Waals surface area contributed by atoms with Gasteiger partial charge in [-0.1, -0.05) is 30.3 Å². The number of Topliss-reactive ketones (excluding diaryl/α,β-unsaturated/α-hetero) is 1. The lowest BCUT2D eigenvalue weighted by molar-refractivity contribution is -0.153. The number of ether oxygens (including phenoxy) is 1. The Bertz CT molecular complexity index is 874. The number of rotatable bonds is 6. The summed E-state index contributed by atoms with van der Waals surface area (Å²) in [5, 5.41) is 0. The Morgan fingerprint density at radius 2 is 1.92 bits per heavy atom. The number of benzene rings is 1. The second kappa shape index (κ2) is 6.99. The van der Waals surface area contributed by atoms with E-state index in [-0.39, 0.29) is 13.0 Å². The number of hydrogen-bond acceptors (Lipinski definition) is 6. The molecule has 2 aromatic heterocycles. The van der Waals surface area contributed by atoms with Gasteiger partial charge in [0.1, 0.15) is 11.8 Å². The standard InChI is InChI=1S/C17H16N4O3/c1-2-24-17(23)14(22)8-13-15-16(19-10-18-13)21(11-20-15)9-12-6-4-3-5-7-12/h3-7,10-11H,2,8-9H2,1H3. The maximum atomic E-state index is 11.9. The number of ketones is 1. The second-order valence-corrected chi connectivity index (χ2v) is 5.17. The van der Waals surface area contributed by atoms with Gasteiger partial charge in [0.25, 0.3) is 0 Å². The van der Waals surface area contributed by atoms with Gasteiger partial charge in [-0.25, -0.2) is 19.7 Å². The Hall–Kier alpha value is -3.09. The molecule has 1 aromatic carbocycles. The third kappa shape index (κ3) is 3.29. The van der Waals surface area contributed by atoms with Crippen LogP contribution in [0.3, 0.4) is 0 Å². The third-order valence-corrected chi connectivity index (χ3v) is 3.50. The smallest absolute Gasteiger partial charge is 0.375 e. The van der Waals surface area contributed by atoms with Gasteiger partial charge in [-0.2, -0.15) is 0 Å². The van der Waals surface area contributed by atoms with Gasteiger partial charge >= 0.3 is 5.97 Å². The molecule has 7 nitrogen and oxygen atoms in total. The predicted molar refractivity (Wildman–Crippen MR) is 86.2 cm³/mol. The quantitative estimate of drug-likeness (QED) is 0.505. The molecular weight excluding hydrogens is 308 g/mol. The molecule has 2 heterocycles. The van der Waals surface area contributed by atoms with E-state index < -0.39 is 11.8 Å². The lowest BCUT2D eigenvalue weighted by Gasteiger charge is -2.04. The summed E-state index contributed by atoms with van der Waals surface area (Å²) < 4.78 is 6.59. The van der Waals surface area contributed by atoms with E-state index in [4.69, 9.17) is 4.74 Å². The van der Waals surface area contributed by atoms with Gasteiger partial charge in [0.15, 0.2) is 5.65 Å². The summed E-state index contributed by atoms with van der Waals surface area (Å²) in [5.74, 6) is -1.50. The number of aromatic nitrogens is 4. The van der Waals surface area contributed by atoms with Gasteiger partial charge in [0, 0.05) is 0 Å². The van der Waals surface area contributed by atoms with Gasteiger partial charge in [0.2, 0.25) is 5.78 Å². The molecule has 0 aliphatic carbocycles. The summed E-state index contributed by atoms with van der Waals surface area (Å²) in [7, 11) is 0. The van der Waals surface area contributed by atoms with Crippen molar-refractivity contribution in [3.63, 3.8) is 0 Å². The van der Waals surface area contributed by atoms with Crippen molar-refractivity contribution in [3.8, 4) is 0 Å². The van der Waals surface area contributed by atoms with Gasteiger partial charge in [-0.3, -0.25) is 4.79 Å². The minimum absolute atomic E-state index is 0.153. The number of hydrogen-bond donors (Lipinski definition) is 0. The number of fused-ring (bicyclic) bond motifs is 1. The normalized spacial score (nSPS) is 10.7. The number of nitrogens with zero attached hydrogens (tertiary/aromatic N) is 4. The van der Waals surface area contributed by atoms with E-state index in [0.717, 1.165) is 5.56 Å². The molecule has 3 aromatic rings. The molecule has 122 valence electrons. The minimum atomic E-state index is -0.854. The molecule has 3 rings (SSSR count). The van der Waals surface area contributed by atoms with E-state index in [1.807, 2.05) is 34.9 Å². The van der Waals surface area contributed by atoms with Crippen LogP contribution >= 0.6 is 0 Å². The summed E-state index contributed by atoms with van der Waals surface area (Å²) in [6.45, 7) is 2.42. The highest BCUT2D eigenvalue weighted by Gasteiger charge is 2.19. The molecule has 0 aliphatic heterocycles. The SMILES string of the molecule is CCOC(=O)C(=O)Cc1ncnc2c1ncn2Cc1ccccc1. The average Bonchev–Trinajstić information content (AvgIpc) is 3.00. The van der Waals surface area contributed by atoms with E-state index in [1.54, 1.807) is 13.3 Å². The molecule has 7 heteroatoms. The molecule has 0 spiro atoms. The summed E-state index contributed by atoms with van der Waals surface area (Å²) in [6.07, 6.45) is 2.88. The fraction of sp³-hybridized carbons (Fsp3) is 0.235. The Morgan fingerprint density at radius 1 is 1.12 bits per heavy atom. The van der Waals surface area contributed by atoms with Crippen molar-refractivity contribution < 1.29 is 14.3 Å². The first kappa shape index (κ1) is 15.8. The summed E-state index contributed by atoms with van der Waals surface area (Å²) in [4.78, 5) is 36.0. The predicted octanol–water partition coefficient (Wildman–Crippen LogP) is 1.55. The van der Waals surface area contributed by atoms with Crippen molar-refractivity contribution in [1.29, 1.82) is 0 Å². The first-order valence-electron chi connectivity index (χ1n) is 7.57. The first-order valence-corrected chi connectivity index (χ1v) is 7.57. The summed E-state index contributed by atoms with van der Waals surface area (Å²) >= 11 is 0. The lowest BCUT2D eigenvalue weighted by Crippen LogP contribution is -2.20. The molecule has 0 amide bonds. The molecule has 0 atom stereocenters. The maximum absolute atomic E-state index is 11.9. The van der Waals surface area contributed by atoms with Crippen LogP contribution in [0.2, 0.25) is 0 Å². The monoisotopic (exact) mass is 324 g/mol. The van der Waals surface area contributed by atoms with Crippen LogP contribution in [0, 0.1) is 0 Å². The van der Waals surface area contributed by atoms with E-state index >= 15 is 0 Å². The van der Waals surface area contributed by atoms with E-state index in [0.29, 0.717) is 23.4 Å². The number of esters is 1. The van der Waals surface area contributed by atoms with Crippen molar-refractivity contribution in [2.24, 2.45) is 0 Å². The maximum Gasteiger partial charge on any atom is 0.375 e. The zero-order valence-corrected chi connectivity index (χ0v) is 13.2. The van der Waals surface area contributed by atoms with Crippen LogP contribution in [-0.4, -0.2) is 37.9 Å². The van der Waals surface area contributed by atoms with Crippen LogP contribution < -0.4 is 0 Å². The zero-order chi connectivity index (χ0) is 16.9. The van der Waals surface area contributed by atoms with Crippen molar-refractivity contribution in [3.05, 3.63) is 54.2 Å². The Morgan fingerprint density at radius 3 is 2.67 bits per heavy atom. The van der Waals surface area contributed by atoms with Crippen LogP contribution in [0.15, 0.2) is 43.0 Å². The van der Waals surface area contributed by atoms with Crippen LogP contribution in [0.25, 0.3) is 11.2 Å². The molecule has 0 unspecified atom stereocenters. The summed E-state index contributed by atoms with van der Waals surface area (Å²) in [6, 6.07) is 9.91. The van der Waals surface area contributed by atoms with E-state index in [9.17, 15) is 9.59 Å². The largest absolute Gasteiger partial charge is 0.460 e. The molecule has 0 N–H and O–H groups in total. The molecule has 24 heavy (non-hydrogen) atoms. The molecule has 0 aliphatic rings. The van der Waals surface area contributed by atoms with Gasteiger partial charge in [-0.05, 0) is 12.5 Å². The average molecular weight is 324 g/mol. The van der Waals surface area contributed by atoms with Crippen molar-refractivity contribution >= 4 is 22.9 Å². The van der Waals surface area contributed by atoms with Crippen LogP contribution in [0.4, 0.5) is 0 Å². The molecular formula is C17H16N4O3. The Balaban J connectivity index is 1.86. The first-order chi connectivity index (χ1) is 11.7. The fourth-order valence-corrected chi connectivity index (χ4v) is 2.39. The molecule has 0 radical (unpaired) electrons. The highest BCUT2D eigenvalue weighted by molar-refractivity contribution is 6.34. The van der Waals surface area contributed by atoms with Crippen molar-refractivity contribution in [2.45, 2.75) is 19.9 Å². The second-order valence-electron chi connectivity index (χ2n) is 5.17. The minimum Gasteiger partial charge on any atom is -0.460 e. The van der Waals surface area contributed by atoms with Crippen molar-refractivity contribution in [1.82, 2.24) is 19.5 Å². The molecule has 0 saturated heterocycles. The third-order valence-electron chi connectivity index (χ3n) is 3.50. The highest BCUT2D eigenvalue weighted by atomic mass is 16.5. The van der Waals surface area contributed by atoms with Crippen molar-refractivity contribution in [2.75, 3.05) is 6.61 Å². The highest BCUT2D eigenvalue weighted by Crippen LogP contribution is 2.15. The van der Waals surface area contributed by atoms with Gasteiger partial charge in [-0.15, -0.1) is 0 Å². The number of imidazole rings is 1. The topological polar surface area (TPSA) is 87.0 Å². The van der Waals surface area contributed by atoms with E-state index in [2.05, 4.69) is 15.0 Å². The van der Waals surface area contributed by atoms with Crippen LogP contribution in [-0.2, 0) is 27.3 Å². The molecule has 0 fully saturated rings. The zero-order valence-electron chi connectivity index (χ0n) is 13.2.